The number of pyridine rings is 1. The minimum Gasteiger partial charge on any atom is -0.253 e. The van der Waals surface area contributed by atoms with Crippen molar-refractivity contribution in [3.63, 3.8) is 0 Å². The van der Waals surface area contributed by atoms with Gasteiger partial charge in [-0.3, -0.25) is 4.98 Å². The minimum atomic E-state index is 0.249. The summed E-state index contributed by atoms with van der Waals surface area (Å²) in [6, 6.07) is 12.5. The normalized spacial score (nSPS) is 24.8. The number of hydrogen-bond donors (Lipinski definition) is 0. The summed E-state index contributed by atoms with van der Waals surface area (Å²) in [7, 11) is 0. The third-order valence-corrected chi connectivity index (χ3v) is 4.17. The Labute approximate surface area is 107 Å². The van der Waals surface area contributed by atoms with Crippen LogP contribution in [0.15, 0.2) is 36.4 Å². The maximum absolute atomic E-state index is 6.42. The van der Waals surface area contributed by atoms with Gasteiger partial charge in [-0.15, -0.1) is 11.6 Å². The second-order valence-electron chi connectivity index (χ2n) is 5.09. The molecule has 88 valence electrons. The van der Waals surface area contributed by atoms with Crippen molar-refractivity contribution in [1.82, 2.24) is 4.98 Å². The molecule has 2 aromatic rings. The van der Waals surface area contributed by atoms with Crippen LogP contribution >= 0.6 is 11.6 Å². The van der Waals surface area contributed by atoms with E-state index in [-0.39, 0.29) is 5.38 Å². The van der Waals surface area contributed by atoms with Crippen LogP contribution in [0.2, 0.25) is 0 Å². The van der Waals surface area contributed by atoms with Gasteiger partial charge < -0.3 is 0 Å². The molecule has 0 saturated heterocycles. The summed E-state index contributed by atoms with van der Waals surface area (Å²) in [5.41, 5.74) is 2.18. The Morgan fingerprint density at radius 1 is 1.29 bits per heavy atom. The third kappa shape index (κ3) is 2.30. The van der Waals surface area contributed by atoms with Gasteiger partial charge in [0.2, 0.25) is 0 Å². The van der Waals surface area contributed by atoms with Crippen LogP contribution in [0, 0.1) is 11.8 Å². The van der Waals surface area contributed by atoms with E-state index in [9.17, 15) is 0 Å². The first-order valence-electron chi connectivity index (χ1n) is 6.23. The van der Waals surface area contributed by atoms with Gasteiger partial charge in [0, 0.05) is 22.9 Å². The van der Waals surface area contributed by atoms with Gasteiger partial charge >= 0.3 is 0 Å². The molecule has 0 amide bonds. The number of alkyl halides is 1. The minimum absolute atomic E-state index is 0.249. The lowest BCUT2D eigenvalue weighted by atomic mass is 10.1. The summed E-state index contributed by atoms with van der Waals surface area (Å²) in [5.74, 6) is 1.50. The average Bonchev–Trinajstić information content (AvgIpc) is 3.06. The van der Waals surface area contributed by atoms with Crippen LogP contribution < -0.4 is 0 Å². The number of benzene rings is 1. The predicted molar refractivity (Wildman–Crippen MR) is 72.4 cm³/mol. The fourth-order valence-electron chi connectivity index (χ4n) is 2.43. The van der Waals surface area contributed by atoms with Gasteiger partial charge in [0.05, 0.1) is 5.52 Å². The summed E-state index contributed by atoms with van der Waals surface area (Å²) < 4.78 is 0. The molecule has 1 heterocycles. The van der Waals surface area contributed by atoms with Crippen LogP contribution in [0.5, 0.6) is 0 Å². The van der Waals surface area contributed by atoms with E-state index in [1.807, 2.05) is 12.1 Å². The molecular weight excluding hydrogens is 230 g/mol. The van der Waals surface area contributed by atoms with Crippen molar-refractivity contribution < 1.29 is 0 Å². The lowest BCUT2D eigenvalue weighted by molar-refractivity contribution is 0.676. The van der Waals surface area contributed by atoms with Gasteiger partial charge in [-0.1, -0.05) is 31.2 Å². The van der Waals surface area contributed by atoms with Crippen molar-refractivity contribution in [3.8, 4) is 0 Å². The van der Waals surface area contributed by atoms with Crippen molar-refractivity contribution in [1.29, 1.82) is 0 Å². The zero-order chi connectivity index (χ0) is 11.8. The SMILES string of the molecule is CC1CC1C(Cl)Cc1ccc2ccccc2n1. The molecule has 1 aliphatic rings. The lowest BCUT2D eigenvalue weighted by Crippen LogP contribution is -2.08. The summed E-state index contributed by atoms with van der Waals surface area (Å²) in [6.45, 7) is 2.27. The van der Waals surface area contributed by atoms with E-state index in [4.69, 9.17) is 11.6 Å². The van der Waals surface area contributed by atoms with E-state index in [1.165, 1.54) is 11.8 Å². The molecule has 0 spiro atoms. The van der Waals surface area contributed by atoms with Gasteiger partial charge in [0.25, 0.3) is 0 Å². The Kier molecular flexibility index (Phi) is 2.79. The Hall–Kier alpha value is -1.08. The quantitative estimate of drug-likeness (QED) is 0.744. The molecular formula is C15H16ClN. The fraction of sp³-hybridized carbons (Fsp3) is 0.400. The molecule has 1 nitrogen and oxygen atoms in total. The first-order valence-corrected chi connectivity index (χ1v) is 6.66. The first kappa shape index (κ1) is 11.0. The first-order chi connectivity index (χ1) is 8.24. The van der Waals surface area contributed by atoms with Crippen molar-refractivity contribution >= 4 is 22.5 Å². The molecule has 2 heteroatoms. The Bertz CT molecular complexity index is 537. The zero-order valence-corrected chi connectivity index (χ0v) is 10.7. The van der Waals surface area contributed by atoms with E-state index in [0.717, 1.165) is 23.5 Å². The van der Waals surface area contributed by atoms with Crippen molar-refractivity contribution in [2.24, 2.45) is 11.8 Å². The molecule has 0 bridgehead atoms. The van der Waals surface area contributed by atoms with E-state index in [2.05, 4.69) is 36.2 Å². The molecule has 0 N–H and O–H groups in total. The molecule has 1 aromatic carbocycles. The van der Waals surface area contributed by atoms with Gasteiger partial charge in [0.15, 0.2) is 0 Å². The Morgan fingerprint density at radius 2 is 2.06 bits per heavy atom. The number of para-hydroxylation sites is 1. The van der Waals surface area contributed by atoms with Crippen LogP contribution in [-0.4, -0.2) is 10.4 Å². The number of rotatable bonds is 3. The topological polar surface area (TPSA) is 12.9 Å². The van der Waals surface area contributed by atoms with Crippen molar-refractivity contribution in [2.75, 3.05) is 0 Å². The monoisotopic (exact) mass is 245 g/mol. The van der Waals surface area contributed by atoms with Crippen molar-refractivity contribution in [2.45, 2.75) is 25.1 Å². The summed E-state index contributed by atoms with van der Waals surface area (Å²) >= 11 is 6.42. The lowest BCUT2D eigenvalue weighted by Gasteiger charge is -2.08. The molecule has 0 aliphatic heterocycles. The fourth-order valence-corrected chi connectivity index (χ4v) is 2.94. The average molecular weight is 246 g/mol. The number of nitrogens with zero attached hydrogens (tertiary/aromatic N) is 1. The maximum Gasteiger partial charge on any atom is 0.0705 e. The molecule has 1 fully saturated rings. The van der Waals surface area contributed by atoms with Gasteiger partial charge in [-0.05, 0) is 30.4 Å². The van der Waals surface area contributed by atoms with E-state index in [1.54, 1.807) is 0 Å². The maximum atomic E-state index is 6.42. The number of hydrogen-bond acceptors (Lipinski definition) is 1. The van der Waals surface area contributed by atoms with E-state index >= 15 is 0 Å². The largest absolute Gasteiger partial charge is 0.253 e. The third-order valence-electron chi connectivity index (χ3n) is 3.70. The van der Waals surface area contributed by atoms with Crippen LogP contribution in [0.25, 0.3) is 10.9 Å². The van der Waals surface area contributed by atoms with Gasteiger partial charge in [-0.2, -0.15) is 0 Å². The molecule has 3 rings (SSSR count). The number of aromatic nitrogens is 1. The summed E-state index contributed by atoms with van der Waals surface area (Å²) in [4.78, 5) is 4.67. The smallest absolute Gasteiger partial charge is 0.0705 e. The summed E-state index contributed by atoms with van der Waals surface area (Å²) in [6.07, 6.45) is 2.17. The molecule has 1 aromatic heterocycles. The zero-order valence-electron chi connectivity index (χ0n) is 9.94. The van der Waals surface area contributed by atoms with Gasteiger partial charge in [-0.25, -0.2) is 0 Å². The second kappa shape index (κ2) is 4.30. The molecule has 1 aliphatic carbocycles. The number of fused-ring (bicyclic) bond motifs is 1. The van der Waals surface area contributed by atoms with Crippen LogP contribution in [0.4, 0.5) is 0 Å². The summed E-state index contributed by atoms with van der Waals surface area (Å²) in [5, 5.41) is 1.45. The number of halogens is 1. The van der Waals surface area contributed by atoms with E-state index in [0.29, 0.717) is 5.92 Å². The molecule has 3 atom stereocenters. The highest BCUT2D eigenvalue weighted by Gasteiger charge is 2.38. The van der Waals surface area contributed by atoms with Crippen LogP contribution in [-0.2, 0) is 6.42 Å². The van der Waals surface area contributed by atoms with E-state index < -0.39 is 0 Å². The van der Waals surface area contributed by atoms with Gasteiger partial charge in [0.1, 0.15) is 0 Å². The van der Waals surface area contributed by atoms with Crippen molar-refractivity contribution in [3.05, 3.63) is 42.1 Å². The Morgan fingerprint density at radius 3 is 2.82 bits per heavy atom. The Balaban J connectivity index is 1.81. The highest BCUT2D eigenvalue weighted by molar-refractivity contribution is 6.21. The van der Waals surface area contributed by atoms with Crippen LogP contribution in [0.1, 0.15) is 19.0 Å². The highest BCUT2D eigenvalue weighted by Crippen LogP contribution is 2.43. The molecule has 3 unspecified atom stereocenters. The van der Waals surface area contributed by atoms with Crippen LogP contribution in [0.3, 0.4) is 0 Å². The predicted octanol–water partition coefficient (Wildman–Crippen LogP) is 4.04. The highest BCUT2D eigenvalue weighted by atomic mass is 35.5. The second-order valence-corrected chi connectivity index (χ2v) is 5.65. The molecule has 1 saturated carbocycles. The molecule has 17 heavy (non-hydrogen) atoms. The standard InChI is InChI=1S/C15H16ClN/c1-10-8-13(10)14(16)9-12-7-6-11-4-2-3-5-15(11)17-12/h2-7,10,13-14H,8-9H2,1H3. The molecule has 0 radical (unpaired) electrons.